The van der Waals surface area contributed by atoms with E-state index in [1.54, 1.807) is 19.5 Å². The van der Waals surface area contributed by atoms with E-state index in [-0.39, 0.29) is 0 Å². The van der Waals surface area contributed by atoms with Gasteiger partial charge in [0.05, 0.1) is 12.6 Å². The molecule has 0 amide bonds. The second kappa shape index (κ2) is 6.68. The molecule has 4 rings (SSSR count). The number of hydrogen-bond acceptors (Lipinski definition) is 6. The average molecular weight is 343 g/mol. The van der Waals surface area contributed by atoms with Crippen LogP contribution in [0.2, 0.25) is 0 Å². The molecule has 128 valence electrons. The molecule has 4 aromatic rings. The number of methoxy groups -OCH3 is 1. The zero-order valence-electron chi connectivity index (χ0n) is 14.2. The van der Waals surface area contributed by atoms with Crippen LogP contribution in [0.5, 0.6) is 5.75 Å². The van der Waals surface area contributed by atoms with Gasteiger partial charge < -0.3 is 15.8 Å². The molecular formula is C20H17N5O. The molecule has 0 saturated heterocycles. The third kappa shape index (κ3) is 3.12. The molecule has 26 heavy (non-hydrogen) atoms. The number of ether oxygens (including phenoxy) is 1. The van der Waals surface area contributed by atoms with E-state index in [4.69, 9.17) is 10.5 Å². The monoisotopic (exact) mass is 343 g/mol. The second-order valence-corrected chi connectivity index (χ2v) is 5.76. The third-order valence-corrected chi connectivity index (χ3v) is 4.08. The molecule has 6 heteroatoms. The molecule has 3 N–H and O–H groups in total. The van der Waals surface area contributed by atoms with E-state index < -0.39 is 0 Å². The molecule has 0 atom stereocenters. The summed E-state index contributed by atoms with van der Waals surface area (Å²) in [4.78, 5) is 13.1. The molecule has 2 heterocycles. The quantitative estimate of drug-likeness (QED) is 0.582. The summed E-state index contributed by atoms with van der Waals surface area (Å²) >= 11 is 0. The SMILES string of the molecule is COc1ccc(Nc2ncc(-c3ccc4ncccc4c3)c(N)n2)cc1. The lowest BCUT2D eigenvalue weighted by atomic mass is 10.1. The maximum Gasteiger partial charge on any atom is 0.229 e. The lowest BCUT2D eigenvalue weighted by Gasteiger charge is -2.09. The summed E-state index contributed by atoms with van der Waals surface area (Å²) in [6.45, 7) is 0. The topological polar surface area (TPSA) is 86.0 Å². The number of hydrogen-bond donors (Lipinski definition) is 2. The Morgan fingerprint density at radius 2 is 1.85 bits per heavy atom. The number of nitrogens with zero attached hydrogens (tertiary/aromatic N) is 3. The van der Waals surface area contributed by atoms with E-state index in [1.165, 1.54) is 0 Å². The molecule has 0 unspecified atom stereocenters. The van der Waals surface area contributed by atoms with Gasteiger partial charge in [0.25, 0.3) is 0 Å². The van der Waals surface area contributed by atoms with Gasteiger partial charge >= 0.3 is 0 Å². The van der Waals surface area contributed by atoms with Gasteiger partial charge in [0.2, 0.25) is 5.95 Å². The summed E-state index contributed by atoms with van der Waals surface area (Å²) in [5, 5.41) is 4.18. The first-order valence-electron chi connectivity index (χ1n) is 8.12. The van der Waals surface area contributed by atoms with Crippen LogP contribution in [0.25, 0.3) is 22.0 Å². The van der Waals surface area contributed by atoms with E-state index in [9.17, 15) is 0 Å². The molecule has 0 aliphatic heterocycles. The second-order valence-electron chi connectivity index (χ2n) is 5.76. The van der Waals surface area contributed by atoms with Crippen molar-refractivity contribution in [1.82, 2.24) is 15.0 Å². The van der Waals surface area contributed by atoms with Gasteiger partial charge in [-0.3, -0.25) is 4.98 Å². The number of nitrogens with one attached hydrogen (secondary N) is 1. The first-order valence-corrected chi connectivity index (χ1v) is 8.12. The molecule has 0 fully saturated rings. The highest BCUT2D eigenvalue weighted by atomic mass is 16.5. The summed E-state index contributed by atoms with van der Waals surface area (Å²) in [5.41, 5.74) is 9.71. The van der Waals surface area contributed by atoms with Crippen molar-refractivity contribution in [1.29, 1.82) is 0 Å². The van der Waals surface area contributed by atoms with Gasteiger partial charge in [-0.25, -0.2) is 4.98 Å². The number of rotatable bonds is 4. The minimum Gasteiger partial charge on any atom is -0.497 e. The van der Waals surface area contributed by atoms with Crippen molar-refractivity contribution in [3.8, 4) is 16.9 Å². The van der Waals surface area contributed by atoms with Crippen LogP contribution in [-0.2, 0) is 0 Å². The number of fused-ring (bicyclic) bond motifs is 1. The Kier molecular flexibility index (Phi) is 4.07. The zero-order valence-corrected chi connectivity index (χ0v) is 14.2. The largest absolute Gasteiger partial charge is 0.497 e. The predicted molar refractivity (Wildman–Crippen MR) is 103 cm³/mol. The fourth-order valence-electron chi connectivity index (χ4n) is 2.72. The average Bonchev–Trinajstić information content (AvgIpc) is 2.68. The third-order valence-electron chi connectivity index (χ3n) is 4.08. The molecule has 2 aromatic heterocycles. The molecule has 0 bridgehead atoms. The minimum atomic E-state index is 0.416. The Morgan fingerprint density at radius 3 is 2.62 bits per heavy atom. The number of benzene rings is 2. The van der Waals surface area contributed by atoms with Crippen molar-refractivity contribution in [2.75, 3.05) is 18.2 Å². The highest BCUT2D eigenvalue weighted by Gasteiger charge is 2.08. The van der Waals surface area contributed by atoms with Crippen LogP contribution in [0.1, 0.15) is 0 Å². The van der Waals surface area contributed by atoms with Crippen LogP contribution in [0.15, 0.2) is 67.0 Å². The van der Waals surface area contributed by atoms with Gasteiger partial charge in [-0.05, 0) is 48.0 Å². The molecule has 0 aliphatic carbocycles. The fourth-order valence-corrected chi connectivity index (χ4v) is 2.72. The van der Waals surface area contributed by atoms with Gasteiger partial charge in [-0.15, -0.1) is 0 Å². The Hall–Kier alpha value is -3.67. The van der Waals surface area contributed by atoms with Crippen LogP contribution in [-0.4, -0.2) is 22.1 Å². The molecule has 0 saturated carbocycles. The summed E-state index contributed by atoms with van der Waals surface area (Å²) in [6, 6.07) is 17.4. The maximum atomic E-state index is 6.17. The Balaban J connectivity index is 1.62. The van der Waals surface area contributed by atoms with Crippen molar-refractivity contribution in [2.45, 2.75) is 0 Å². The molecule has 0 radical (unpaired) electrons. The van der Waals surface area contributed by atoms with Crippen molar-refractivity contribution in [3.63, 3.8) is 0 Å². The van der Waals surface area contributed by atoms with E-state index in [0.29, 0.717) is 11.8 Å². The number of anilines is 3. The van der Waals surface area contributed by atoms with Crippen LogP contribution >= 0.6 is 0 Å². The van der Waals surface area contributed by atoms with E-state index >= 15 is 0 Å². The van der Waals surface area contributed by atoms with Gasteiger partial charge in [0.15, 0.2) is 0 Å². The van der Waals surface area contributed by atoms with Crippen LogP contribution in [0.3, 0.4) is 0 Å². The fraction of sp³-hybridized carbons (Fsp3) is 0.0500. The first-order chi connectivity index (χ1) is 12.7. The van der Waals surface area contributed by atoms with Gasteiger partial charge in [-0.2, -0.15) is 4.98 Å². The number of aromatic nitrogens is 3. The minimum absolute atomic E-state index is 0.416. The normalized spacial score (nSPS) is 10.7. The van der Waals surface area contributed by atoms with E-state index in [1.807, 2.05) is 54.6 Å². The van der Waals surface area contributed by atoms with Crippen LogP contribution in [0, 0.1) is 0 Å². The van der Waals surface area contributed by atoms with Crippen molar-refractivity contribution < 1.29 is 4.74 Å². The molecule has 0 aliphatic rings. The van der Waals surface area contributed by atoms with E-state index in [2.05, 4.69) is 20.3 Å². The summed E-state index contributed by atoms with van der Waals surface area (Å²) in [6.07, 6.45) is 3.50. The van der Waals surface area contributed by atoms with Gasteiger partial charge in [-0.1, -0.05) is 12.1 Å². The molecular weight excluding hydrogens is 326 g/mol. The summed E-state index contributed by atoms with van der Waals surface area (Å²) in [7, 11) is 1.63. The highest BCUT2D eigenvalue weighted by molar-refractivity contribution is 5.86. The number of nitrogens with two attached hydrogens (primary N) is 1. The molecule has 2 aromatic carbocycles. The first kappa shape index (κ1) is 15.8. The number of pyridine rings is 1. The summed E-state index contributed by atoms with van der Waals surface area (Å²) in [5.74, 6) is 1.65. The lowest BCUT2D eigenvalue weighted by Crippen LogP contribution is -2.02. The smallest absolute Gasteiger partial charge is 0.229 e. The standard InChI is InChI=1S/C20H17N5O/c1-26-16-7-5-15(6-8-16)24-20-23-12-17(19(21)25-20)13-4-9-18-14(11-13)3-2-10-22-18/h2-12H,1H3,(H3,21,23,24,25). The van der Waals surface area contributed by atoms with Gasteiger partial charge in [0, 0.05) is 29.0 Å². The Bertz CT molecular complexity index is 1060. The summed E-state index contributed by atoms with van der Waals surface area (Å²) < 4.78 is 5.15. The Morgan fingerprint density at radius 1 is 1.00 bits per heavy atom. The molecule has 6 nitrogen and oxygen atoms in total. The number of nitrogen functional groups attached to an aromatic ring is 1. The molecule has 0 spiro atoms. The lowest BCUT2D eigenvalue weighted by molar-refractivity contribution is 0.415. The predicted octanol–water partition coefficient (Wildman–Crippen LogP) is 4.03. The Labute approximate surface area is 150 Å². The van der Waals surface area contributed by atoms with Crippen molar-refractivity contribution in [2.24, 2.45) is 0 Å². The van der Waals surface area contributed by atoms with Crippen LogP contribution in [0.4, 0.5) is 17.5 Å². The maximum absolute atomic E-state index is 6.17. The highest BCUT2D eigenvalue weighted by Crippen LogP contribution is 2.28. The van der Waals surface area contributed by atoms with Crippen molar-refractivity contribution in [3.05, 3.63) is 67.0 Å². The zero-order chi connectivity index (χ0) is 17.9. The van der Waals surface area contributed by atoms with E-state index in [0.717, 1.165) is 33.5 Å². The van der Waals surface area contributed by atoms with Crippen LogP contribution < -0.4 is 15.8 Å². The van der Waals surface area contributed by atoms with Crippen molar-refractivity contribution >= 4 is 28.4 Å². The van der Waals surface area contributed by atoms with Gasteiger partial charge in [0.1, 0.15) is 11.6 Å².